The van der Waals surface area contributed by atoms with Gasteiger partial charge in [-0.1, -0.05) is 6.92 Å². The second-order valence-corrected chi connectivity index (χ2v) is 4.49. The Balaban J connectivity index is 2.29. The lowest BCUT2D eigenvalue weighted by atomic mass is 9.91. The van der Waals surface area contributed by atoms with Gasteiger partial charge in [-0.2, -0.15) is 0 Å². The molecule has 0 aromatic carbocycles. The fourth-order valence-electron chi connectivity index (χ4n) is 2.03. The second-order valence-electron chi connectivity index (χ2n) is 4.49. The molecule has 17 heavy (non-hydrogen) atoms. The Bertz CT molecular complexity index is 455. The number of nitrogens with zero attached hydrogens (tertiary/aromatic N) is 3. The molecule has 0 atom stereocenters. The SMILES string of the molecule is CCC1(O)CN(c2nccc(C)c2[N+](=O)[O-])C1. The van der Waals surface area contributed by atoms with E-state index >= 15 is 0 Å². The highest BCUT2D eigenvalue weighted by atomic mass is 16.6. The van der Waals surface area contributed by atoms with Crippen molar-refractivity contribution in [2.45, 2.75) is 25.9 Å². The smallest absolute Gasteiger partial charge is 0.314 e. The first-order valence-electron chi connectivity index (χ1n) is 5.54. The zero-order chi connectivity index (χ0) is 12.6. The molecular formula is C11H15N3O3. The number of hydrogen-bond donors (Lipinski definition) is 1. The van der Waals surface area contributed by atoms with Gasteiger partial charge >= 0.3 is 5.69 Å². The number of aliphatic hydroxyl groups is 1. The van der Waals surface area contributed by atoms with E-state index in [1.165, 1.54) is 0 Å². The standard InChI is InChI=1S/C11H15N3O3/c1-3-11(15)6-13(7-11)10-9(14(16)17)8(2)4-5-12-10/h4-5,15H,3,6-7H2,1-2H3. The number of pyridine rings is 1. The average molecular weight is 237 g/mol. The van der Waals surface area contributed by atoms with Crippen LogP contribution in [-0.4, -0.2) is 33.7 Å². The summed E-state index contributed by atoms with van der Waals surface area (Å²) in [7, 11) is 0. The number of nitro groups is 1. The highest BCUT2D eigenvalue weighted by molar-refractivity contribution is 5.63. The summed E-state index contributed by atoms with van der Waals surface area (Å²) in [4.78, 5) is 16.4. The summed E-state index contributed by atoms with van der Waals surface area (Å²) in [5.74, 6) is 0.355. The summed E-state index contributed by atoms with van der Waals surface area (Å²) in [6, 6.07) is 1.62. The summed E-state index contributed by atoms with van der Waals surface area (Å²) < 4.78 is 0. The summed E-state index contributed by atoms with van der Waals surface area (Å²) >= 11 is 0. The minimum absolute atomic E-state index is 0.0330. The zero-order valence-corrected chi connectivity index (χ0v) is 9.88. The van der Waals surface area contributed by atoms with Crippen LogP contribution in [0.15, 0.2) is 12.3 Å². The molecule has 1 N–H and O–H groups in total. The van der Waals surface area contributed by atoms with Crippen LogP contribution in [0.4, 0.5) is 11.5 Å². The van der Waals surface area contributed by atoms with E-state index in [1.807, 2.05) is 6.92 Å². The van der Waals surface area contributed by atoms with Crippen molar-refractivity contribution in [2.24, 2.45) is 0 Å². The van der Waals surface area contributed by atoms with Crippen LogP contribution in [0.2, 0.25) is 0 Å². The lowest BCUT2D eigenvalue weighted by Gasteiger charge is -2.46. The van der Waals surface area contributed by atoms with Crippen molar-refractivity contribution in [3.8, 4) is 0 Å². The fraction of sp³-hybridized carbons (Fsp3) is 0.545. The highest BCUT2D eigenvalue weighted by Gasteiger charge is 2.42. The monoisotopic (exact) mass is 237 g/mol. The molecule has 92 valence electrons. The predicted octanol–water partition coefficient (Wildman–Crippen LogP) is 1.26. The molecular weight excluding hydrogens is 222 g/mol. The van der Waals surface area contributed by atoms with E-state index in [9.17, 15) is 15.2 Å². The molecule has 0 radical (unpaired) electrons. The van der Waals surface area contributed by atoms with Gasteiger partial charge in [-0.3, -0.25) is 10.1 Å². The normalized spacial score (nSPS) is 17.7. The molecule has 0 aliphatic carbocycles. The number of β-amino-alcohol motifs (C(OH)–C–C–N with tert-alkyl or cyclic N) is 1. The second kappa shape index (κ2) is 3.96. The summed E-state index contributed by atoms with van der Waals surface area (Å²) in [5.41, 5.74) is -0.100. The van der Waals surface area contributed by atoms with Crippen LogP contribution in [0.25, 0.3) is 0 Å². The van der Waals surface area contributed by atoms with Gasteiger partial charge in [0.2, 0.25) is 5.82 Å². The molecule has 0 amide bonds. The molecule has 0 unspecified atom stereocenters. The molecule has 1 aliphatic rings. The number of hydrogen-bond acceptors (Lipinski definition) is 5. The van der Waals surface area contributed by atoms with Gasteiger partial charge in [-0.15, -0.1) is 0 Å². The van der Waals surface area contributed by atoms with E-state index in [1.54, 1.807) is 24.1 Å². The Morgan fingerprint density at radius 1 is 1.65 bits per heavy atom. The molecule has 0 spiro atoms. The van der Waals surface area contributed by atoms with E-state index in [-0.39, 0.29) is 5.69 Å². The number of anilines is 1. The highest BCUT2D eigenvalue weighted by Crippen LogP contribution is 2.35. The maximum Gasteiger partial charge on any atom is 0.314 e. The quantitative estimate of drug-likeness (QED) is 0.632. The average Bonchev–Trinajstić information content (AvgIpc) is 2.24. The Hall–Kier alpha value is -1.69. The Kier molecular flexibility index (Phi) is 2.74. The maximum absolute atomic E-state index is 11.0. The summed E-state index contributed by atoms with van der Waals surface area (Å²) in [6.45, 7) is 4.39. The van der Waals surface area contributed by atoms with E-state index in [0.717, 1.165) is 0 Å². The summed E-state index contributed by atoms with van der Waals surface area (Å²) in [5, 5.41) is 20.9. The number of rotatable bonds is 3. The van der Waals surface area contributed by atoms with Crippen LogP contribution in [0, 0.1) is 17.0 Å². The van der Waals surface area contributed by atoms with Crippen LogP contribution in [-0.2, 0) is 0 Å². The first-order valence-corrected chi connectivity index (χ1v) is 5.54. The molecule has 1 aliphatic heterocycles. The van der Waals surface area contributed by atoms with E-state index in [0.29, 0.717) is 30.9 Å². The largest absolute Gasteiger partial charge is 0.386 e. The third kappa shape index (κ3) is 1.95. The van der Waals surface area contributed by atoms with Gasteiger partial charge in [-0.05, 0) is 19.4 Å². The Morgan fingerprint density at radius 2 is 2.29 bits per heavy atom. The van der Waals surface area contributed by atoms with Gasteiger partial charge in [0.15, 0.2) is 0 Å². The van der Waals surface area contributed by atoms with Crippen molar-refractivity contribution in [1.82, 2.24) is 4.98 Å². The van der Waals surface area contributed by atoms with E-state index in [2.05, 4.69) is 4.98 Å². The molecule has 1 saturated heterocycles. The van der Waals surface area contributed by atoms with Crippen LogP contribution < -0.4 is 4.90 Å². The van der Waals surface area contributed by atoms with Gasteiger partial charge in [-0.25, -0.2) is 4.98 Å². The Morgan fingerprint density at radius 3 is 2.82 bits per heavy atom. The molecule has 2 heterocycles. The van der Waals surface area contributed by atoms with Crippen molar-refractivity contribution < 1.29 is 10.0 Å². The van der Waals surface area contributed by atoms with Crippen molar-refractivity contribution in [3.63, 3.8) is 0 Å². The Labute approximate surface area is 99.0 Å². The van der Waals surface area contributed by atoms with Gasteiger partial charge in [0, 0.05) is 11.8 Å². The molecule has 1 aromatic rings. The van der Waals surface area contributed by atoms with Gasteiger partial charge in [0.25, 0.3) is 0 Å². The summed E-state index contributed by atoms with van der Waals surface area (Å²) in [6.07, 6.45) is 2.20. The van der Waals surface area contributed by atoms with Crippen LogP contribution in [0.1, 0.15) is 18.9 Å². The number of aryl methyl sites for hydroxylation is 1. The zero-order valence-electron chi connectivity index (χ0n) is 9.88. The van der Waals surface area contributed by atoms with Crippen LogP contribution >= 0.6 is 0 Å². The minimum atomic E-state index is -0.723. The topological polar surface area (TPSA) is 79.5 Å². The molecule has 6 heteroatoms. The van der Waals surface area contributed by atoms with Crippen LogP contribution in [0.3, 0.4) is 0 Å². The van der Waals surface area contributed by atoms with Gasteiger partial charge in [0.1, 0.15) is 0 Å². The molecule has 1 aromatic heterocycles. The molecule has 1 fully saturated rings. The lowest BCUT2D eigenvalue weighted by Crippen LogP contribution is -2.62. The van der Waals surface area contributed by atoms with Gasteiger partial charge in [0.05, 0.1) is 23.6 Å². The predicted molar refractivity (Wildman–Crippen MR) is 63.1 cm³/mol. The molecule has 0 saturated carbocycles. The van der Waals surface area contributed by atoms with Gasteiger partial charge < -0.3 is 10.0 Å². The first kappa shape index (κ1) is 11.8. The molecule has 6 nitrogen and oxygen atoms in total. The molecule has 2 rings (SSSR count). The molecule has 0 bridgehead atoms. The van der Waals surface area contributed by atoms with E-state index in [4.69, 9.17) is 0 Å². The van der Waals surface area contributed by atoms with Crippen molar-refractivity contribution in [2.75, 3.05) is 18.0 Å². The minimum Gasteiger partial charge on any atom is -0.386 e. The third-order valence-corrected chi connectivity index (χ3v) is 3.22. The van der Waals surface area contributed by atoms with Crippen molar-refractivity contribution in [3.05, 3.63) is 27.9 Å². The lowest BCUT2D eigenvalue weighted by molar-refractivity contribution is -0.385. The van der Waals surface area contributed by atoms with Crippen molar-refractivity contribution in [1.29, 1.82) is 0 Å². The fourth-order valence-corrected chi connectivity index (χ4v) is 2.03. The number of aromatic nitrogens is 1. The van der Waals surface area contributed by atoms with Crippen LogP contribution in [0.5, 0.6) is 0 Å². The maximum atomic E-state index is 11.0. The van der Waals surface area contributed by atoms with E-state index < -0.39 is 10.5 Å². The van der Waals surface area contributed by atoms with Crippen molar-refractivity contribution >= 4 is 11.5 Å². The third-order valence-electron chi connectivity index (χ3n) is 3.22. The first-order chi connectivity index (χ1) is 7.97.